The van der Waals surface area contributed by atoms with Gasteiger partial charge in [-0.2, -0.15) is 0 Å². The topological polar surface area (TPSA) is 121 Å². The summed E-state index contributed by atoms with van der Waals surface area (Å²) in [5.41, 5.74) is 1.96. The zero-order chi connectivity index (χ0) is 24.9. The molecule has 3 aromatic rings. The highest BCUT2D eigenvalue weighted by molar-refractivity contribution is 7.80. The Morgan fingerprint density at radius 1 is 1.20 bits per heavy atom. The lowest BCUT2D eigenvalue weighted by atomic mass is 9.98. The fourth-order valence-corrected chi connectivity index (χ4v) is 4.24. The number of hydrogen-bond acceptors (Lipinski definition) is 7. The van der Waals surface area contributed by atoms with Crippen LogP contribution in [0.15, 0.2) is 59.0 Å². The van der Waals surface area contributed by atoms with Gasteiger partial charge < -0.3 is 19.7 Å². The van der Waals surface area contributed by atoms with Crippen molar-refractivity contribution in [2.45, 2.75) is 26.4 Å². The van der Waals surface area contributed by atoms with E-state index in [2.05, 4.69) is 17.6 Å². The molecule has 9 nitrogen and oxygen atoms in total. The van der Waals surface area contributed by atoms with Crippen molar-refractivity contribution in [1.29, 1.82) is 0 Å². The number of aliphatic hydroxyl groups is 1. The highest BCUT2D eigenvalue weighted by atomic mass is 32.1. The van der Waals surface area contributed by atoms with Gasteiger partial charge in [-0.1, -0.05) is 19.1 Å². The number of thiocarbonyl (C=S) groups is 1. The Balaban J connectivity index is 1.44. The van der Waals surface area contributed by atoms with Crippen LogP contribution in [0.25, 0.3) is 11.3 Å². The summed E-state index contributed by atoms with van der Waals surface area (Å²) in [5, 5.41) is 26.5. The fraction of sp³-hybridized carbons (Fsp3) is 0.280. The summed E-state index contributed by atoms with van der Waals surface area (Å²) >= 11 is 5.28. The minimum Gasteiger partial charge on any atom is -0.459 e. The van der Waals surface area contributed by atoms with Crippen LogP contribution >= 0.6 is 12.2 Å². The van der Waals surface area contributed by atoms with E-state index in [0.29, 0.717) is 28.8 Å². The average molecular weight is 495 g/mol. The van der Waals surface area contributed by atoms with Gasteiger partial charge in [-0.15, -0.1) is 0 Å². The Bertz CT molecular complexity index is 1250. The van der Waals surface area contributed by atoms with Crippen molar-refractivity contribution in [2.75, 3.05) is 23.3 Å². The number of hydrogen-bond donors (Lipinski definition) is 3. The Kier molecular flexibility index (Phi) is 7.42. The number of nitrogens with one attached hydrogen (secondary N) is 2. The summed E-state index contributed by atoms with van der Waals surface area (Å²) in [5.74, 6) is 1.10. The second-order valence-electron chi connectivity index (χ2n) is 8.54. The van der Waals surface area contributed by atoms with E-state index in [0.717, 1.165) is 31.5 Å². The van der Waals surface area contributed by atoms with Crippen LogP contribution in [0.1, 0.15) is 35.9 Å². The Morgan fingerprint density at radius 3 is 2.66 bits per heavy atom. The molecular weight excluding hydrogens is 468 g/mol. The predicted molar refractivity (Wildman–Crippen MR) is 137 cm³/mol. The van der Waals surface area contributed by atoms with Gasteiger partial charge in [0.25, 0.3) is 11.6 Å². The first kappa shape index (κ1) is 24.4. The van der Waals surface area contributed by atoms with Crippen molar-refractivity contribution >= 4 is 40.3 Å². The molecule has 2 aromatic carbocycles. The van der Waals surface area contributed by atoms with E-state index in [1.54, 1.807) is 42.5 Å². The summed E-state index contributed by atoms with van der Waals surface area (Å²) in [6, 6.07) is 15.2. The van der Waals surface area contributed by atoms with Gasteiger partial charge in [0.1, 0.15) is 23.8 Å². The Morgan fingerprint density at radius 2 is 1.97 bits per heavy atom. The van der Waals surface area contributed by atoms with Crippen molar-refractivity contribution < 1.29 is 19.2 Å². The number of nitro benzene ring substituents is 1. The number of carbonyl (C=O) groups excluding carboxylic acids is 1. The minimum atomic E-state index is -0.542. The van der Waals surface area contributed by atoms with Crippen LogP contribution in [0.3, 0.4) is 0 Å². The van der Waals surface area contributed by atoms with Gasteiger partial charge in [0.05, 0.1) is 4.92 Å². The number of amides is 1. The third-order valence-corrected chi connectivity index (χ3v) is 6.21. The molecule has 35 heavy (non-hydrogen) atoms. The third-order valence-electron chi connectivity index (χ3n) is 6.01. The highest BCUT2D eigenvalue weighted by Crippen LogP contribution is 2.32. The van der Waals surface area contributed by atoms with Gasteiger partial charge in [-0.05, 0) is 67.4 Å². The highest BCUT2D eigenvalue weighted by Gasteiger charge is 2.25. The van der Waals surface area contributed by atoms with Gasteiger partial charge in [0.15, 0.2) is 5.11 Å². The number of furan rings is 1. The molecule has 0 bridgehead atoms. The van der Waals surface area contributed by atoms with Crippen molar-refractivity contribution in [3.05, 3.63) is 76.0 Å². The van der Waals surface area contributed by atoms with E-state index in [9.17, 15) is 20.0 Å². The molecule has 182 valence electrons. The molecule has 1 amide bonds. The molecule has 1 saturated heterocycles. The number of rotatable bonds is 6. The monoisotopic (exact) mass is 494 g/mol. The lowest BCUT2D eigenvalue weighted by Crippen LogP contribution is -2.35. The zero-order valence-electron chi connectivity index (χ0n) is 19.2. The fourth-order valence-electron chi connectivity index (χ4n) is 4.03. The van der Waals surface area contributed by atoms with Gasteiger partial charge in [0.2, 0.25) is 0 Å². The standard InChI is InChI=1S/C25H26N4O5S/c1-16-9-11-28(12-10-16)21-7-5-18(14-22(21)29(32)33)24(31)27-25(35)26-19-4-2-3-17(13-19)23-8-6-20(15-30)34-23/h2-8,13-14,16,30H,9-12,15H2,1H3,(H2,26,27,31,35). The second kappa shape index (κ2) is 10.7. The summed E-state index contributed by atoms with van der Waals surface area (Å²) in [6.07, 6.45) is 1.95. The number of carbonyl (C=O) groups is 1. The first-order valence-electron chi connectivity index (χ1n) is 11.3. The Hall–Kier alpha value is -3.76. The Labute approximate surface area is 207 Å². The van der Waals surface area contributed by atoms with Gasteiger partial charge in [-0.3, -0.25) is 20.2 Å². The number of nitro groups is 1. The molecular formula is C25H26N4O5S. The smallest absolute Gasteiger partial charge is 0.293 e. The number of aliphatic hydroxyl groups excluding tert-OH is 1. The molecule has 0 spiro atoms. The molecule has 0 radical (unpaired) electrons. The van der Waals surface area contributed by atoms with Gasteiger partial charge in [0, 0.05) is 36.0 Å². The normalized spacial score (nSPS) is 13.9. The molecule has 1 aliphatic rings. The van der Waals surface area contributed by atoms with Crippen LogP contribution in [0, 0.1) is 16.0 Å². The van der Waals surface area contributed by atoms with Crippen molar-refractivity contribution in [3.63, 3.8) is 0 Å². The third kappa shape index (κ3) is 5.84. The van der Waals surface area contributed by atoms with Crippen LogP contribution in [0.2, 0.25) is 0 Å². The lowest BCUT2D eigenvalue weighted by Gasteiger charge is -2.31. The first-order chi connectivity index (χ1) is 16.8. The van der Waals surface area contributed by atoms with E-state index in [-0.39, 0.29) is 23.0 Å². The minimum absolute atomic E-state index is 0.0550. The molecule has 10 heteroatoms. The molecule has 0 atom stereocenters. The van der Waals surface area contributed by atoms with Gasteiger partial charge >= 0.3 is 0 Å². The molecule has 1 aliphatic heterocycles. The maximum absolute atomic E-state index is 12.8. The van der Waals surface area contributed by atoms with E-state index in [1.165, 1.54) is 6.07 Å². The maximum Gasteiger partial charge on any atom is 0.293 e. The molecule has 0 saturated carbocycles. The molecule has 0 unspecified atom stereocenters. The average Bonchev–Trinajstić information content (AvgIpc) is 3.34. The van der Waals surface area contributed by atoms with Crippen LogP contribution in [0.5, 0.6) is 0 Å². The van der Waals surface area contributed by atoms with E-state index >= 15 is 0 Å². The predicted octanol–water partition coefficient (Wildman–Crippen LogP) is 4.71. The lowest BCUT2D eigenvalue weighted by molar-refractivity contribution is -0.384. The molecule has 4 rings (SSSR count). The second-order valence-corrected chi connectivity index (χ2v) is 8.95. The quantitative estimate of drug-likeness (QED) is 0.256. The summed E-state index contributed by atoms with van der Waals surface area (Å²) in [4.78, 5) is 26.0. The van der Waals surface area contributed by atoms with E-state index < -0.39 is 10.8 Å². The molecule has 1 fully saturated rings. The van der Waals surface area contributed by atoms with Crippen molar-refractivity contribution in [1.82, 2.24) is 5.32 Å². The number of piperidine rings is 1. The first-order valence-corrected chi connectivity index (χ1v) is 11.7. The SMILES string of the molecule is CC1CCN(c2ccc(C(=O)NC(=S)Nc3cccc(-c4ccc(CO)o4)c3)cc2[N+](=O)[O-])CC1. The van der Waals surface area contributed by atoms with E-state index in [1.807, 2.05) is 11.0 Å². The van der Waals surface area contributed by atoms with Crippen LogP contribution in [0.4, 0.5) is 17.1 Å². The zero-order valence-corrected chi connectivity index (χ0v) is 20.0. The maximum atomic E-state index is 12.8. The van der Waals surface area contributed by atoms with Crippen LogP contribution in [-0.4, -0.2) is 34.1 Å². The summed E-state index contributed by atoms with van der Waals surface area (Å²) in [7, 11) is 0. The number of anilines is 2. The van der Waals surface area contributed by atoms with Crippen molar-refractivity contribution in [3.8, 4) is 11.3 Å². The summed E-state index contributed by atoms with van der Waals surface area (Å²) in [6.45, 7) is 3.49. The van der Waals surface area contributed by atoms with Crippen LogP contribution in [-0.2, 0) is 6.61 Å². The number of nitrogens with zero attached hydrogens (tertiary/aromatic N) is 2. The summed E-state index contributed by atoms with van der Waals surface area (Å²) < 4.78 is 5.55. The largest absolute Gasteiger partial charge is 0.459 e. The van der Waals surface area contributed by atoms with Crippen molar-refractivity contribution in [2.24, 2.45) is 5.92 Å². The molecule has 1 aromatic heterocycles. The number of benzene rings is 2. The molecule has 2 heterocycles. The molecule has 0 aliphatic carbocycles. The van der Waals surface area contributed by atoms with E-state index in [4.69, 9.17) is 16.6 Å². The van der Waals surface area contributed by atoms with Crippen LogP contribution < -0.4 is 15.5 Å². The van der Waals surface area contributed by atoms with Gasteiger partial charge in [-0.25, -0.2) is 0 Å². The molecule has 3 N–H and O–H groups in total.